The van der Waals surface area contributed by atoms with Gasteiger partial charge in [0.25, 0.3) is 0 Å². The normalized spacial score (nSPS) is 14.6. The molecule has 2 N–H and O–H groups in total. The van der Waals surface area contributed by atoms with E-state index in [1.807, 2.05) is 0 Å². The van der Waals surface area contributed by atoms with Gasteiger partial charge in [-0.1, -0.05) is 19.3 Å². The summed E-state index contributed by atoms with van der Waals surface area (Å²) in [5.41, 5.74) is 4.01. The van der Waals surface area contributed by atoms with Gasteiger partial charge in [0.05, 0.1) is 18.4 Å². The number of hydrogen-bond donors (Lipinski definition) is 1. The van der Waals surface area contributed by atoms with Gasteiger partial charge in [-0.05, 0) is 38.3 Å². The third-order valence-electron chi connectivity index (χ3n) is 6.08. The molecule has 11 heteroatoms. The quantitative estimate of drug-likeness (QED) is 0.384. The third kappa shape index (κ3) is 5.95. The lowest BCUT2D eigenvalue weighted by Crippen LogP contribution is -2.42. The zero-order valence-electron chi connectivity index (χ0n) is 20.3. The van der Waals surface area contributed by atoms with E-state index >= 15 is 4.39 Å². The molecule has 2 aromatic rings. The number of esters is 1. The molecule has 0 radical (unpaired) electrons. The molecule has 0 spiro atoms. The highest BCUT2D eigenvalue weighted by molar-refractivity contribution is 6.04. The largest absolute Gasteiger partial charge is 0.465 e. The number of methoxy groups -OCH3 is 1. The molecular weight excluding hydrogens is 482 g/mol. The fourth-order valence-electron chi connectivity index (χ4n) is 4.29. The monoisotopic (exact) mass is 511 g/mol. The van der Waals surface area contributed by atoms with Crippen LogP contribution < -0.4 is 15.4 Å². The van der Waals surface area contributed by atoms with E-state index in [-0.39, 0.29) is 35.2 Å². The second-order valence-electron chi connectivity index (χ2n) is 8.93. The van der Waals surface area contributed by atoms with Crippen LogP contribution in [-0.4, -0.2) is 30.0 Å². The van der Waals surface area contributed by atoms with Crippen LogP contribution in [0.3, 0.4) is 0 Å². The average Bonchev–Trinajstić information content (AvgIpc) is 2.85. The van der Waals surface area contributed by atoms with Crippen molar-refractivity contribution in [3.63, 3.8) is 0 Å². The maximum absolute atomic E-state index is 15.2. The smallest absolute Gasteiger partial charge is 0.421 e. The summed E-state index contributed by atoms with van der Waals surface area (Å²) in [5.74, 6) is -4.07. The van der Waals surface area contributed by atoms with Gasteiger partial charge in [0.1, 0.15) is 5.56 Å². The Bertz CT molecular complexity index is 1120. The van der Waals surface area contributed by atoms with Crippen molar-refractivity contribution in [1.82, 2.24) is 4.98 Å². The van der Waals surface area contributed by atoms with Crippen LogP contribution in [-0.2, 0) is 22.3 Å². The number of aromatic nitrogens is 1. The minimum atomic E-state index is -4.85. The van der Waals surface area contributed by atoms with E-state index in [0.29, 0.717) is 12.8 Å². The highest BCUT2D eigenvalue weighted by Crippen LogP contribution is 2.40. The van der Waals surface area contributed by atoms with Gasteiger partial charge in [0.2, 0.25) is 11.8 Å². The second-order valence-corrected chi connectivity index (χ2v) is 8.93. The van der Waals surface area contributed by atoms with E-state index in [1.54, 1.807) is 13.8 Å². The number of benzene rings is 1. The third-order valence-corrected chi connectivity index (χ3v) is 6.08. The van der Waals surface area contributed by atoms with Crippen LogP contribution in [0.2, 0.25) is 0 Å². The first-order valence-corrected chi connectivity index (χ1v) is 11.7. The SMILES string of the molecule is COC(=O)c1cc(Oc2ncc(CN)cc2C(F)(F)F)c(F)cc1N(C(=O)C1CCCCC1)C(C)C. The van der Waals surface area contributed by atoms with Crippen molar-refractivity contribution in [3.8, 4) is 11.6 Å². The molecule has 36 heavy (non-hydrogen) atoms. The highest BCUT2D eigenvalue weighted by atomic mass is 19.4. The number of halogens is 4. The van der Waals surface area contributed by atoms with Crippen LogP contribution in [0.5, 0.6) is 11.6 Å². The average molecular weight is 512 g/mol. The van der Waals surface area contributed by atoms with E-state index in [1.165, 1.54) is 4.90 Å². The van der Waals surface area contributed by atoms with Crippen molar-refractivity contribution in [2.75, 3.05) is 12.0 Å². The molecule has 0 saturated heterocycles. The van der Waals surface area contributed by atoms with Crippen LogP contribution >= 0.6 is 0 Å². The fourth-order valence-corrected chi connectivity index (χ4v) is 4.29. The van der Waals surface area contributed by atoms with E-state index in [4.69, 9.17) is 15.2 Å². The summed E-state index contributed by atoms with van der Waals surface area (Å²) in [6, 6.07) is 2.16. The number of alkyl halides is 3. The van der Waals surface area contributed by atoms with Crippen LogP contribution in [0, 0.1) is 11.7 Å². The number of carbonyl (C=O) groups excluding carboxylic acids is 2. The van der Waals surface area contributed by atoms with Gasteiger partial charge in [0, 0.05) is 36.8 Å². The lowest BCUT2D eigenvalue weighted by molar-refractivity contribution is -0.139. The zero-order valence-corrected chi connectivity index (χ0v) is 20.3. The Balaban J connectivity index is 2.09. The van der Waals surface area contributed by atoms with E-state index in [0.717, 1.165) is 50.8 Å². The van der Waals surface area contributed by atoms with Crippen molar-refractivity contribution in [2.45, 2.75) is 64.7 Å². The summed E-state index contributed by atoms with van der Waals surface area (Å²) in [7, 11) is 1.10. The van der Waals surface area contributed by atoms with Crippen LogP contribution in [0.25, 0.3) is 0 Å². The minimum Gasteiger partial charge on any atom is -0.465 e. The standard InChI is InChI=1S/C25H29F4N3O4/c1-14(2)32(23(33)16-7-5-4-6-8-16)20-11-19(26)21(10-17(20)24(34)35-3)36-22-18(25(27,28)29)9-15(12-30)13-31-22/h9-11,13-14,16H,4-8,12,30H2,1-3H3. The van der Waals surface area contributed by atoms with Crippen molar-refractivity contribution >= 4 is 17.6 Å². The molecular formula is C25H29F4N3O4. The molecule has 1 heterocycles. The van der Waals surface area contributed by atoms with Crippen molar-refractivity contribution in [2.24, 2.45) is 11.7 Å². The van der Waals surface area contributed by atoms with Gasteiger partial charge >= 0.3 is 12.1 Å². The molecule has 3 rings (SSSR count). The molecule has 1 saturated carbocycles. The zero-order chi connectivity index (χ0) is 26.6. The molecule has 1 aliphatic rings. The number of amides is 1. The Labute approximate surface area is 206 Å². The molecule has 1 aliphatic carbocycles. The van der Waals surface area contributed by atoms with E-state index in [2.05, 4.69) is 4.98 Å². The first-order chi connectivity index (χ1) is 17.0. The number of nitrogens with zero attached hydrogens (tertiary/aromatic N) is 2. The summed E-state index contributed by atoms with van der Waals surface area (Å²) < 4.78 is 66.0. The molecule has 1 fully saturated rings. The molecule has 0 atom stereocenters. The Hall–Kier alpha value is -3.21. The predicted molar refractivity (Wildman–Crippen MR) is 124 cm³/mol. The Morgan fingerprint density at radius 3 is 2.39 bits per heavy atom. The molecule has 0 unspecified atom stereocenters. The first-order valence-electron chi connectivity index (χ1n) is 11.7. The molecule has 1 aromatic carbocycles. The summed E-state index contributed by atoms with van der Waals surface area (Å²) >= 11 is 0. The topological polar surface area (TPSA) is 94.8 Å². The van der Waals surface area contributed by atoms with Gasteiger partial charge in [-0.25, -0.2) is 14.2 Å². The van der Waals surface area contributed by atoms with Crippen molar-refractivity contribution in [1.29, 1.82) is 0 Å². The number of anilines is 1. The fraction of sp³-hybridized carbons (Fsp3) is 0.480. The number of rotatable bonds is 7. The maximum Gasteiger partial charge on any atom is 0.421 e. The number of ether oxygens (including phenoxy) is 2. The summed E-state index contributed by atoms with van der Waals surface area (Å²) in [6.07, 6.45) is 0.417. The van der Waals surface area contributed by atoms with Crippen LogP contribution in [0.4, 0.5) is 23.2 Å². The Kier molecular flexibility index (Phi) is 8.55. The van der Waals surface area contributed by atoms with Crippen molar-refractivity contribution < 1.29 is 36.6 Å². The lowest BCUT2D eigenvalue weighted by atomic mass is 9.87. The van der Waals surface area contributed by atoms with E-state index < -0.39 is 41.2 Å². The Morgan fingerprint density at radius 2 is 1.83 bits per heavy atom. The lowest BCUT2D eigenvalue weighted by Gasteiger charge is -2.33. The number of hydrogen-bond acceptors (Lipinski definition) is 6. The molecule has 0 aliphatic heterocycles. The number of carbonyl (C=O) groups is 2. The minimum absolute atomic E-state index is 0.0419. The molecule has 1 aromatic heterocycles. The summed E-state index contributed by atoms with van der Waals surface area (Å²) in [6.45, 7) is 3.26. The first kappa shape index (κ1) is 27.4. The van der Waals surface area contributed by atoms with Crippen molar-refractivity contribution in [3.05, 3.63) is 46.9 Å². The highest BCUT2D eigenvalue weighted by Gasteiger charge is 2.37. The predicted octanol–water partition coefficient (Wildman–Crippen LogP) is 5.60. The van der Waals surface area contributed by atoms with Gasteiger partial charge < -0.3 is 20.1 Å². The maximum atomic E-state index is 15.2. The van der Waals surface area contributed by atoms with Gasteiger partial charge in [-0.3, -0.25) is 4.79 Å². The van der Waals surface area contributed by atoms with Gasteiger partial charge in [0.15, 0.2) is 11.6 Å². The Morgan fingerprint density at radius 1 is 1.17 bits per heavy atom. The molecule has 7 nitrogen and oxygen atoms in total. The number of pyridine rings is 1. The molecule has 1 amide bonds. The number of nitrogens with two attached hydrogens (primary N) is 1. The molecule has 0 bridgehead atoms. The van der Waals surface area contributed by atoms with Crippen LogP contribution in [0.1, 0.15) is 67.4 Å². The van der Waals surface area contributed by atoms with Crippen LogP contribution in [0.15, 0.2) is 24.4 Å². The summed E-state index contributed by atoms with van der Waals surface area (Å²) in [5, 5.41) is 0. The van der Waals surface area contributed by atoms with Gasteiger partial charge in [-0.15, -0.1) is 0 Å². The van der Waals surface area contributed by atoms with E-state index in [9.17, 15) is 22.8 Å². The molecule has 196 valence electrons. The van der Waals surface area contributed by atoms with Gasteiger partial charge in [-0.2, -0.15) is 13.2 Å². The summed E-state index contributed by atoms with van der Waals surface area (Å²) in [4.78, 5) is 31.0. The second kappa shape index (κ2) is 11.2.